The van der Waals surface area contributed by atoms with E-state index in [9.17, 15) is 0 Å². The first-order valence-corrected chi connectivity index (χ1v) is 7.33. The summed E-state index contributed by atoms with van der Waals surface area (Å²) in [6, 6.07) is 1.19. The molecule has 1 heterocycles. The lowest BCUT2D eigenvalue weighted by Gasteiger charge is -2.32. The third kappa shape index (κ3) is 2.57. The van der Waals surface area contributed by atoms with Crippen LogP contribution in [0.15, 0.2) is 24.4 Å². The molecule has 3 rings (SSSR count). The van der Waals surface area contributed by atoms with Crippen LogP contribution < -0.4 is 5.43 Å². The van der Waals surface area contributed by atoms with Crippen LogP contribution >= 0.6 is 0 Å². The molecule has 17 heavy (non-hydrogen) atoms. The minimum Gasteiger partial charge on any atom is -0.309 e. The van der Waals surface area contributed by atoms with Crippen molar-refractivity contribution in [1.82, 2.24) is 10.4 Å². The highest BCUT2D eigenvalue weighted by Gasteiger charge is 2.28. The minimum absolute atomic E-state index is 0.591. The van der Waals surface area contributed by atoms with Crippen LogP contribution in [-0.4, -0.2) is 17.1 Å². The Morgan fingerprint density at radius 2 is 1.82 bits per heavy atom. The highest BCUT2D eigenvalue weighted by molar-refractivity contribution is 5.08. The maximum atomic E-state index is 3.70. The number of allylic oxidation sites excluding steroid dienone is 1. The van der Waals surface area contributed by atoms with Crippen molar-refractivity contribution in [2.45, 2.75) is 63.5 Å². The first-order chi connectivity index (χ1) is 8.43. The summed E-state index contributed by atoms with van der Waals surface area (Å²) >= 11 is 0. The van der Waals surface area contributed by atoms with Crippen LogP contribution in [-0.2, 0) is 0 Å². The van der Waals surface area contributed by atoms with E-state index >= 15 is 0 Å². The van der Waals surface area contributed by atoms with Crippen LogP contribution in [0.1, 0.15) is 51.4 Å². The van der Waals surface area contributed by atoms with Gasteiger partial charge in [0.15, 0.2) is 0 Å². The van der Waals surface area contributed by atoms with Crippen LogP contribution in [0.4, 0.5) is 0 Å². The van der Waals surface area contributed by atoms with Crippen molar-refractivity contribution in [3.05, 3.63) is 24.4 Å². The summed E-state index contributed by atoms with van der Waals surface area (Å²) in [7, 11) is 0. The van der Waals surface area contributed by atoms with E-state index in [0.29, 0.717) is 12.1 Å². The molecule has 0 saturated heterocycles. The second-order valence-corrected chi connectivity index (χ2v) is 5.73. The molecule has 2 unspecified atom stereocenters. The van der Waals surface area contributed by atoms with Gasteiger partial charge in [-0.1, -0.05) is 31.4 Å². The SMILES string of the molecule is C1=CC(N2C=CC(C3CCCCC3)N2)CCC1. The Bertz CT molecular complexity index is 302. The fraction of sp³-hybridized carbons (Fsp3) is 0.733. The Balaban J connectivity index is 1.56. The third-order valence-corrected chi connectivity index (χ3v) is 4.50. The molecule has 2 heteroatoms. The van der Waals surface area contributed by atoms with Crippen molar-refractivity contribution in [1.29, 1.82) is 0 Å². The molecule has 1 aliphatic heterocycles. The zero-order valence-electron chi connectivity index (χ0n) is 10.6. The van der Waals surface area contributed by atoms with Gasteiger partial charge >= 0.3 is 0 Å². The van der Waals surface area contributed by atoms with Gasteiger partial charge < -0.3 is 5.01 Å². The number of rotatable bonds is 2. The van der Waals surface area contributed by atoms with E-state index < -0.39 is 0 Å². The van der Waals surface area contributed by atoms with Gasteiger partial charge in [0, 0.05) is 12.2 Å². The molecule has 1 fully saturated rings. The Hall–Kier alpha value is -0.760. The Labute approximate surface area is 105 Å². The first-order valence-electron chi connectivity index (χ1n) is 7.33. The number of nitrogens with zero attached hydrogens (tertiary/aromatic N) is 1. The molecule has 2 nitrogen and oxygen atoms in total. The molecule has 94 valence electrons. The fourth-order valence-corrected chi connectivity index (χ4v) is 3.43. The molecule has 2 aliphatic carbocycles. The molecular weight excluding hydrogens is 208 g/mol. The van der Waals surface area contributed by atoms with Crippen LogP contribution in [0.3, 0.4) is 0 Å². The maximum Gasteiger partial charge on any atom is 0.0628 e. The molecule has 3 aliphatic rings. The van der Waals surface area contributed by atoms with Gasteiger partial charge in [0.1, 0.15) is 0 Å². The summed E-state index contributed by atoms with van der Waals surface area (Å²) in [6.45, 7) is 0. The third-order valence-electron chi connectivity index (χ3n) is 4.50. The molecule has 0 spiro atoms. The predicted octanol–water partition coefficient (Wildman–Crippen LogP) is 3.38. The zero-order valence-corrected chi connectivity index (χ0v) is 10.6. The van der Waals surface area contributed by atoms with Crippen LogP contribution in [0.25, 0.3) is 0 Å². The summed E-state index contributed by atoms with van der Waals surface area (Å²) in [4.78, 5) is 0. The number of hydrogen-bond donors (Lipinski definition) is 1. The maximum absolute atomic E-state index is 3.70. The molecule has 1 saturated carbocycles. The van der Waals surface area contributed by atoms with Gasteiger partial charge in [-0.25, -0.2) is 5.43 Å². The molecule has 0 aromatic carbocycles. The minimum atomic E-state index is 0.591. The van der Waals surface area contributed by atoms with E-state index in [0.717, 1.165) is 5.92 Å². The lowest BCUT2D eigenvalue weighted by Crippen LogP contribution is -2.44. The number of nitrogens with one attached hydrogen (secondary N) is 1. The Kier molecular flexibility index (Phi) is 3.51. The summed E-state index contributed by atoms with van der Waals surface area (Å²) in [6.07, 6.45) is 20.4. The van der Waals surface area contributed by atoms with Crippen LogP contribution in [0, 0.1) is 5.92 Å². The monoisotopic (exact) mass is 232 g/mol. The van der Waals surface area contributed by atoms with E-state index in [-0.39, 0.29) is 0 Å². The lowest BCUT2D eigenvalue weighted by molar-refractivity contribution is 0.178. The zero-order chi connectivity index (χ0) is 11.5. The van der Waals surface area contributed by atoms with Crippen molar-refractivity contribution in [3.8, 4) is 0 Å². The molecular formula is C15H24N2. The second-order valence-electron chi connectivity index (χ2n) is 5.73. The van der Waals surface area contributed by atoms with Crippen molar-refractivity contribution in [3.63, 3.8) is 0 Å². The van der Waals surface area contributed by atoms with Crippen molar-refractivity contribution in [2.24, 2.45) is 5.92 Å². The van der Waals surface area contributed by atoms with Crippen LogP contribution in [0.5, 0.6) is 0 Å². The smallest absolute Gasteiger partial charge is 0.0628 e. The molecule has 1 N–H and O–H groups in total. The molecule has 2 atom stereocenters. The molecule has 0 bridgehead atoms. The van der Waals surface area contributed by atoms with E-state index in [1.165, 1.54) is 51.4 Å². The molecule has 0 aromatic rings. The largest absolute Gasteiger partial charge is 0.309 e. The average Bonchev–Trinajstić information content (AvgIpc) is 2.90. The topological polar surface area (TPSA) is 15.3 Å². The second kappa shape index (κ2) is 5.26. The molecule has 0 radical (unpaired) electrons. The summed E-state index contributed by atoms with van der Waals surface area (Å²) < 4.78 is 0. The van der Waals surface area contributed by atoms with Gasteiger partial charge in [0.05, 0.1) is 6.04 Å². The first kappa shape index (κ1) is 11.3. The van der Waals surface area contributed by atoms with E-state index in [1.54, 1.807) is 0 Å². The normalized spacial score (nSPS) is 34.5. The Morgan fingerprint density at radius 3 is 2.59 bits per heavy atom. The van der Waals surface area contributed by atoms with Gasteiger partial charge in [0.25, 0.3) is 0 Å². The van der Waals surface area contributed by atoms with E-state index in [1.807, 2.05) is 0 Å². The average molecular weight is 232 g/mol. The van der Waals surface area contributed by atoms with Crippen molar-refractivity contribution in [2.75, 3.05) is 0 Å². The summed E-state index contributed by atoms with van der Waals surface area (Å²) in [5, 5.41) is 2.34. The van der Waals surface area contributed by atoms with E-state index in [2.05, 4.69) is 34.9 Å². The molecule has 0 aromatic heterocycles. The van der Waals surface area contributed by atoms with Gasteiger partial charge in [-0.15, -0.1) is 0 Å². The van der Waals surface area contributed by atoms with Crippen molar-refractivity contribution < 1.29 is 0 Å². The van der Waals surface area contributed by atoms with Gasteiger partial charge in [-0.3, -0.25) is 0 Å². The Morgan fingerprint density at radius 1 is 0.941 bits per heavy atom. The van der Waals surface area contributed by atoms with Gasteiger partial charge in [0.2, 0.25) is 0 Å². The van der Waals surface area contributed by atoms with Crippen LogP contribution in [0.2, 0.25) is 0 Å². The lowest BCUT2D eigenvalue weighted by atomic mass is 9.84. The predicted molar refractivity (Wildman–Crippen MR) is 71.3 cm³/mol. The number of hydrazine groups is 1. The fourth-order valence-electron chi connectivity index (χ4n) is 3.43. The quantitative estimate of drug-likeness (QED) is 0.734. The van der Waals surface area contributed by atoms with E-state index in [4.69, 9.17) is 0 Å². The highest BCUT2D eigenvalue weighted by Crippen LogP contribution is 2.29. The summed E-state index contributed by atoms with van der Waals surface area (Å²) in [5.74, 6) is 0.873. The number of hydrogen-bond acceptors (Lipinski definition) is 2. The van der Waals surface area contributed by atoms with Gasteiger partial charge in [-0.05, 0) is 44.1 Å². The van der Waals surface area contributed by atoms with Gasteiger partial charge in [-0.2, -0.15) is 0 Å². The molecule has 0 amide bonds. The standard InChI is InChI=1S/C15H24N2/c1-3-7-13(8-4-1)15-11-12-17(16-15)14-9-5-2-6-10-14/h5,9,11-16H,1-4,6-8,10H2. The summed E-state index contributed by atoms with van der Waals surface area (Å²) in [5.41, 5.74) is 3.70. The highest BCUT2D eigenvalue weighted by atomic mass is 15.5. The van der Waals surface area contributed by atoms with Crippen molar-refractivity contribution >= 4 is 0 Å².